The number of furan rings is 1. The first kappa shape index (κ1) is 34.6. The fourth-order valence-electron chi connectivity index (χ4n) is 10.2. The van der Waals surface area contributed by atoms with Crippen molar-refractivity contribution < 1.29 is 4.42 Å². The van der Waals surface area contributed by atoms with Crippen LogP contribution in [-0.2, 0) is 5.41 Å². The van der Waals surface area contributed by atoms with E-state index in [0.29, 0.717) is 5.82 Å². The van der Waals surface area contributed by atoms with Crippen LogP contribution in [0.1, 0.15) is 22.3 Å². The van der Waals surface area contributed by atoms with Gasteiger partial charge in [0.15, 0.2) is 5.82 Å². The van der Waals surface area contributed by atoms with Crippen molar-refractivity contribution in [2.75, 3.05) is 0 Å². The third-order valence-corrected chi connectivity index (χ3v) is 12.9. The summed E-state index contributed by atoms with van der Waals surface area (Å²) in [5.41, 5.74) is 19.3. The minimum atomic E-state index is -0.716. The molecule has 2 aliphatic carbocycles. The number of pyridine rings is 2. The summed E-state index contributed by atoms with van der Waals surface area (Å²) in [6, 6.07) is 67.0. The Morgan fingerprint density at radius 1 is 0.387 bits per heavy atom. The van der Waals surface area contributed by atoms with Crippen molar-refractivity contribution in [2.24, 2.45) is 0 Å². The molecule has 288 valence electrons. The number of benzene rings is 7. The quantitative estimate of drug-likeness (QED) is 0.178. The lowest BCUT2D eigenvalue weighted by molar-refractivity contribution is 0.669. The molecule has 1 unspecified atom stereocenters. The van der Waals surface area contributed by atoms with Gasteiger partial charge in [0, 0.05) is 57.2 Å². The molecule has 0 radical (unpaired) electrons. The van der Waals surface area contributed by atoms with Crippen LogP contribution in [0.5, 0.6) is 0 Å². The number of aromatic nitrogens is 4. The number of para-hydroxylation sites is 1. The molecule has 0 fully saturated rings. The second kappa shape index (κ2) is 13.4. The molecule has 1 atom stereocenters. The predicted molar refractivity (Wildman–Crippen MR) is 248 cm³/mol. The van der Waals surface area contributed by atoms with Crippen molar-refractivity contribution in [1.29, 1.82) is 0 Å². The van der Waals surface area contributed by atoms with E-state index in [-0.39, 0.29) is 0 Å². The highest BCUT2D eigenvalue weighted by molar-refractivity contribution is 6.13. The monoisotopic (exact) mass is 790 g/mol. The number of hydrogen-bond donors (Lipinski definition) is 0. The summed E-state index contributed by atoms with van der Waals surface area (Å²) in [7, 11) is 0. The number of nitrogens with zero attached hydrogens (tertiary/aromatic N) is 4. The zero-order valence-corrected chi connectivity index (χ0v) is 33.3. The van der Waals surface area contributed by atoms with Gasteiger partial charge in [0.1, 0.15) is 11.2 Å². The fourth-order valence-corrected chi connectivity index (χ4v) is 10.2. The van der Waals surface area contributed by atoms with Gasteiger partial charge in [0.05, 0.1) is 22.5 Å². The van der Waals surface area contributed by atoms with Crippen LogP contribution in [-0.4, -0.2) is 19.9 Å². The van der Waals surface area contributed by atoms with Gasteiger partial charge in [-0.3, -0.25) is 9.97 Å². The topological polar surface area (TPSA) is 64.7 Å². The highest BCUT2D eigenvalue weighted by Gasteiger charge is 2.51. The van der Waals surface area contributed by atoms with E-state index in [1.54, 1.807) is 6.20 Å². The van der Waals surface area contributed by atoms with Crippen LogP contribution < -0.4 is 0 Å². The van der Waals surface area contributed by atoms with Crippen LogP contribution >= 0.6 is 0 Å². The Bertz CT molecular complexity index is 3580. The Kier molecular flexibility index (Phi) is 7.45. The van der Waals surface area contributed by atoms with E-state index in [9.17, 15) is 0 Å². The molecule has 0 N–H and O–H groups in total. The van der Waals surface area contributed by atoms with Crippen LogP contribution in [0, 0.1) is 0 Å². The van der Waals surface area contributed by atoms with Gasteiger partial charge in [0.25, 0.3) is 0 Å². The van der Waals surface area contributed by atoms with Gasteiger partial charge in [0.2, 0.25) is 0 Å². The van der Waals surface area contributed by atoms with E-state index in [4.69, 9.17) is 19.4 Å². The summed E-state index contributed by atoms with van der Waals surface area (Å²) in [5, 5.41) is 2.24. The molecule has 0 aliphatic heterocycles. The van der Waals surface area contributed by atoms with Crippen LogP contribution in [0.3, 0.4) is 0 Å². The Morgan fingerprint density at radius 3 is 1.81 bits per heavy atom. The first-order valence-electron chi connectivity index (χ1n) is 20.9. The maximum absolute atomic E-state index is 6.86. The van der Waals surface area contributed by atoms with E-state index in [1.165, 1.54) is 50.1 Å². The zero-order valence-electron chi connectivity index (χ0n) is 33.3. The molecule has 0 amide bonds. The molecule has 0 bridgehead atoms. The Hall–Kier alpha value is -8.28. The van der Waals surface area contributed by atoms with Gasteiger partial charge in [-0.1, -0.05) is 146 Å². The lowest BCUT2D eigenvalue weighted by Gasteiger charge is -2.35. The number of rotatable bonds is 4. The molecule has 7 aromatic carbocycles. The summed E-state index contributed by atoms with van der Waals surface area (Å²) >= 11 is 0. The van der Waals surface area contributed by atoms with E-state index in [0.717, 1.165) is 66.8 Å². The molecule has 13 rings (SSSR count). The molecule has 0 saturated carbocycles. The zero-order chi connectivity index (χ0) is 40.8. The molecule has 1 spiro atoms. The summed E-state index contributed by atoms with van der Waals surface area (Å²) in [6.07, 6.45) is 5.51. The fraction of sp³-hybridized carbons (Fsp3) is 0.0175. The SMILES string of the molecule is c1ccc(-c2cc(-c3ccc(-c4cccnc4)nc3)nc(-c3ccc4c(c3)C3(c5ccccc5-c5ccccc5-4)c4ccccc4-c4c3ccc3c4oc4ccccc43)n2)cc1. The highest BCUT2D eigenvalue weighted by atomic mass is 16.3. The average molecular weight is 791 g/mol. The number of hydrogen-bond acceptors (Lipinski definition) is 5. The van der Waals surface area contributed by atoms with Crippen LogP contribution in [0.25, 0.3) is 100 Å². The van der Waals surface area contributed by atoms with Crippen molar-refractivity contribution in [3.05, 3.63) is 229 Å². The Morgan fingerprint density at radius 2 is 1.03 bits per heavy atom. The molecular weight excluding hydrogens is 757 g/mol. The van der Waals surface area contributed by atoms with Gasteiger partial charge in [-0.15, -0.1) is 0 Å². The summed E-state index contributed by atoms with van der Waals surface area (Å²) < 4.78 is 6.86. The molecule has 5 heteroatoms. The molecule has 0 saturated heterocycles. The molecule has 62 heavy (non-hydrogen) atoms. The largest absolute Gasteiger partial charge is 0.455 e. The van der Waals surface area contributed by atoms with Gasteiger partial charge < -0.3 is 4.42 Å². The summed E-state index contributed by atoms with van der Waals surface area (Å²) in [5.74, 6) is 0.640. The van der Waals surface area contributed by atoms with E-state index in [1.807, 2.05) is 42.7 Å². The summed E-state index contributed by atoms with van der Waals surface area (Å²) in [6.45, 7) is 0. The average Bonchev–Trinajstić information content (AvgIpc) is 3.85. The second-order valence-corrected chi connectivity index (χ2v) is 16.1. The minimum absolute atomic E-state index is 0.640. The lowest BCUT2D eigenvalue weighted by atomic mass is 9.65. The smallest absolute Gasteiger partial charge is 0.160 e. The Labute approximate surface area is 357 Å². The molecule has 11 aromatic rings. The molecule has 2 aliphatic rings. The van der Waals surface area contributed by atoms with E-state index in [2.05, 4.69) is 163 Å². The van der Waals surface area contributed by atoms with Gasteiger partial charge in [-0.2, -0.15) is 0 Å². The van der Waals surface area contributed by atoms with Crippen LogP contribution in [0.15, 0.2) is 211 Å². The van der Waals surface area contributed by atoms with Crippen molar-refractivity contribution in [3.8, 4) is 78.5 Å². The van der Waals surface area contributed by atoms with Crippen molar-refractivity contribution in [2.45, 2.75) is 5.41 Å². The maximum atomic E-state index is 6.86. The Balaban J connectivity index is 1.10. The molecule has 5 nitrogen and oxygen atoms in total. The molecule has 4 heterocycles. The van der Waals surface area contributed by atoms with E-state index < -0.39 is 5.41 Å². The van der Waals surface area contributed by atoms with Crippen LogP contribution in [0.2, 0.25) is 0 Å². The third-order valence-electron chi connectivity index (χ3n) is 12.9. The van der Waals surface area contributed by atoms with E-state index >= 15 is 0 Å². The number of fused-ring (bicyclic) bond motifs is 16. The van der Waals surface area contributed by atoms with Crippen molar-refractivity contribution >= 4 is 21.9 Å². The van der Waals surface area contributed by atoms with Crippen LogP contribution in [0.4, 0.5) is 0 Å². The molecular formula is C57H34N4O. The second-order valence-electron chi connectivity index (χ2n) is 16.1. The predicted octanol–water partition coefficient (Wildman–Crippen LogP) is 13.8. The first-order chi connectivity index (χ1) is 30.7. The van der Waals surface area contributed by atoms with Gasteiger partial charge in [-0.05, 0) is 92.5 Å². The lowest BCUT2D eigenvalue weighted by Crippen LogP contribution is -2.29. The van der Waals surface area contributed by atoms with Crippen molar-refractivity contribution in [1.82, 2.24) is 19.9 Å². The highest BCUT2D eigenvalue weighted by Crippen LogP contribution is 2.63. The third kappa shape index (κ3) is 4.96. The standard InChI is InChI=1S/C57H34N4O/c1-2-13-35(14-3-1)51-32-52(38-25-29-50(59-34-38)37-15-12-30-58-33-37)61-56(60-51)36-24-26-42-40-17-5-4-16-39(40)41-18-6-9-21-46(41)57(49(42)31-36)47-22-10-7-20-45(47)54-48(57)28-27-44-43-19-8-11-23-53(43)62-55(44)54/h1-34H. The van der Waals surface area contributed by atoms with Crippen molar-refractivity contribution in [3.63, 3.8) is 0 Å². The maximum Gasteiger partial charge on any atom is 0.160 e. The first-order valence-corrected chi connectivity index (χ1v) is 20.9. The molecule has 4 aromatic heterocycles. The summed E-state index contributed by atoms with van der Waals surface area (Å²) in [4.78, 5) is 19.9. The van der Waals surface area contributed by atoms with Gasteiger partial charge in [-0.25, -0.2) is 9.97 Å². The minimum Gasteiger partial charge on any atom is -0.455 e. The van der Waals surface area contributed by atoms with Gasteiger partial charge >= 0.3 is 0 Å². The normalized spacial score (nSPS) is 14.5.